The third-order valence-electron chi connectivity index (χ3n) is 11.1. The van der Waals surface area contributed by atoms with Gasteiger partial charge < -0.3 is 26.2 Å². The smallest absolute Gasteiger partial charge is 0.315 e. The van der Waals surface area contributed by atoms with Crippen molar-refractivity contribution in [1.82, 2.24) is 26.2 Å². The van der Waals surface area contributed by atoms with Crippen LogP contribution in [0.1, 0.15) is 91.5 Å². The van der Waals surface area contributed by atoms with Gasteiger partial charge in [0.25, 0.3) is 5.91 Å². The lowest BCUT2D eigenvalue weighted by Crippen LogP contribution is -2.64. The van der Waals surface area contributed by atoms with Gasteiger partial charge in [-0.3, -0.25) is 19.2 Å². The summed E-state index contributed by atoms with van der Waals surface area (Å²) in [7, 11) is -3.62. The first-order valence-corrected chi connectivity index (χ1v) is 20.3. The summed E-state index contributed by atoms with van der Waals surface area (Å²) in [5, 5.41) is 11.1. The number of sulfone groups is 1. The zero-order chi connectivity index (χ0) is 39.2. The number of nitrogens with one attached hydrogen (secondary N) is 4. The number of rotatable bonds is 15. The SMILES string of the molecule is C#CCCNC(=O)C(=O)C(CCC#C)NC(=O)[C@@H]1C2[C@H](CN1C(=O)[C@@H](NC(=O)NC1(CS(=O)(=O)Cc3ccccc3)CCCCC1)C(C)(C)C)C2(C)C. The van der Waals surface area contributed by atoms with E-state index in [0.717, 1.165) is 19.3 Å². The maximum Gasteiger partial charge on any atom is 0.315 e. The average Bonchev–Trinajstić information content (AvgIpc) is 3.38. The molecule has 13 heteroatoms. The minimum atomic E-state index is -3.62. The van der Waals surface area contributed by atoms with E-state index in [-0.39, 0.29) is 61.1 Å². The van der Waals surface area contributed by atoms with Crippen LogP contribution in [0.4, 0.5) is 4.79 Å². The second kappa shape index (κ2) is 16.8. The van der Waals surface area contributed by atoms with Crippen LogP contribution in [0.2, 0.25) is 0 Å². The van der Waals surface area contributed by atoms with Gasteiger partial charge in [0.1, 0.15) is 12.1 Å². The number of amides is 5. The molecule has 2 aliphatic carbocycles. The average molecular weight is 750 g/mol. The fourth-order valence-corrected chi connectivity index (χ4v) is 10.1. The van der Waals surface area contributed by atoms with Crippen molar-refractivity contribution < 1.29 is 32.4 Å². The van der Waals surface area contributed by atoms with Crippen molar-refractivity contribution in [2.75, 3.05) is 18.8 Å². The number of nitrogens with zero attached hydrogens (tertiary/aromatic N) is 1. The summed E-state index contributed by atoms with van der Waals surface area (Å²) < 4.78 is 26.9. The molecule has 0 aromatic heterocycles. The fraction of sp³-hybridized carbons (Fsp3) is 0.625. The number of carbonyl (C=O) groups excluding carboxylic acids is 5. The summed E-state index contributed by atoms with van der Waals surface area (Å²) in [5.41, 5.74) is -1.40. The first-order chi connectivity index (χ1) is 24.9. The molecule has 1 saturated heterocycles. The molecular formula is C40H55N5O7S. The van der Waals surface area contributed by atoms with Gasteiger partial charge in [-0.15, -0.1) is 24.7 Å². The molecule has 4 rings (SSSR count). The van der Waals surface area contributed by atoms with Gasteiger partial charge in [0.15, 0.2) is 9.84 Å². The summed E-state index contributed by atoms with van der Waals surface area (Å²) in [6, 6.07) is 5.00. The third kappa shape index (κ3) is 10.2. The van der Waals surface area contributed by atoms with Gasteiger partial charge in [0.2, 0.25) is 17.6 Å². The summed E-state index contributed by atoms with van der Waals surface area (Å²) in [6.45, 7) is 9.82. The summed E-state index contributed by atoms with van der Waals surface area (Å²) in [5.74, 6) is 1.44. The van der Waals surface area contributed by atoms with Crippen molar-refractivity contribution in [2.45, 2.75) is 115 Å². The largest absolute Gasteiger partial charge is 0.348 e. The van der Waals surface area contributed by atoms with Crippen molar-refractivity contribution in [3.8, 4) is 24.7 Å². The highest BCUT2D eigenvalue weighted by molar-refractivity contribution is 7.90. The molecule has 53 heavy (non-hydrogen) atoms. The molecule has 3 fully saturated rings. The van der Waals surface area contributed by atoms with E-state index < -0.39 is 68.5 Å². The second-order valence-electron chi connectivity index (χ2n) is 16.5. The van der Waals surface area contributed by atoms with Crippen molar-refractivity contribution in [1.29, 1.82) is 0 Å². The number of terminal acetylenes is 2. The van der Waals surface area contributed by atoms with Crippen LogP contribution >= 0.6 is 0 Å². The second-order valence-corrected chi connectivity index (χ2v) is 18.6. The van der Waals surface area contributed by atoms with Gasteiger partial charge in [0.05, 0.1) is 23.1 Å². The Morgan fingerprint density at radius 1 is 0.962 bits per heavy atom. The first kappa shape index (κ1) is 41.4. The Labute approximate surface area is 314 Å². The number of piperidine rings is 1. The molecule has 0 bridgehead atoms. The molecular weight excluding hydrogens is 695 g/mol. The first-order valence-electron chi connectivity index (χ1n) is 18.5. The number of hydrogen-bond acceptors (Lipinski definition) is 7. The van der Waals surface area contributed by atoms with Crippen LogP contribution in [0.25, 0.3) is 0 Å². The van der Waals surface area contributed by atoms with Gasteiger partial charge in [-0.1, -0.05) is 84.2 Å². The lowest BCUT2D eigenvalue weighted by atomic mass is 9.83. The van der Waals surface area contributed by atoms with Crippen molar-refractivity contribution in [3.63, 3.8) is 0 Å². The standard InChI is InChI=1S/C40H55N5O7S/c1-8-10-20-29(32(46)35(48)41-23-11-9-2)42-34(47)31-30-28(39(30,6)7)24-45(31)36(49)33(38(3,4)5)43-37(50)44-40(21-16-13-17-22-40)26-53(51,52)25-27-18-14-12-15-19-27/h1-2,12,14-15,18-19,28-31,33H,10-11,13,16-17,20-26H2,3-7H3,(H,41,48)(H,42,47)(H2,43,44,50)/t28-,29?,30?,31-,33+/m0/s1. The van der Waals surface area contributed by atoms with E-state index in [0.29, 0.717) is 18.4 Å². The quantitative estimate of drug-likeness (QED) is 0.121. The number of likely N-dealkylation sites (tertiary alicyclic amines) is 1. The van der Waals surface area contributed by atoms with E-state index in [2.05, 4.69) is 33.1 Å². The Bertz CT molecular complexity index is 1730. The molecule has 2 saturated carbocycles. The molecule has 0 spiro atoms. The maximum atomic E-state index is 14.5. The van der Waals surface area contributed by atoms with Crippen LogP contribution in [-0.2, 0) is 34.8 Å². The Kier molecular flexibility index (Phi) is 13.1. The molecule has 1 aromatic carbocycles. The number of benzene rings is 1. The van der Waals surface area contributed by atoms with Crippen molar-refractivity contribution in [3.05, 3.63) is 35.9 Å². The number of urea groups is 1. The molecule has 1 aliphatic heterocycles. The lowest BCUT2D eigenvalue weighted by Gasteiger charge is -2.40. The van der Waals surface area contributed by atoms with Crippen molar-refractivity contribution >= 4 is 39.4 Å². The molecule has 5 atom stereocenters. The van der Waals surface area contributed by atoms with E-state index >= 15 is 0 Å². The topological polar surface area (TPSA) is 171 Å². The van der Waals surface area contributed by atoms with Gasteiger partial charge >= 0.3 is 6.03 Å². The zero-order valence-corrected chi connectivity index (χ0v) is 32.4. The fourth-order valence-electron chi connectivity index (χ4n) is 8.12. The van der Waals surface area contributed by atoms with E-state index in [1.807, 2.05) is 19.9 Å². The lowest BCUT2D eigenvalue weighted by molar-refractivity contribution is -0.145. The van der Waals surface area contributed by atoms with Crippen LogP contribution in [0.15, 0.2) is 30.3 Å². The van der Waals surface area contributed by atoms with E-state index in [1.165, 1.54) is 4.90 Å². The van der Waals surface area contributed by atoms with Gasteiger partial charge in [-0.25, -0.2) is 13.2 Å². The highest BCUT2D eigenvalue weighted by atomic mass is 32.2. The number of fused-ring (bicyclic) bond motifs is 1. The van der Waals surface area contributed by atoms with E-state index in [9.17, 15) is 32.4 Å². The number of Topliss-reactive ketones (excluding diaryl/α,β-unsaturated/α-hetero) is 1. The van der Waals surface area contributed by atoms with Gasteiger partial charge in [-0.05, 0) is 47.5 Å². The zero-order valence-electron chi connectivity index (χ0n) is 31.6. The molecule has 5 amide bonds. The molecule has 4 N–H and O–H groups in total. The van der Waals surface area contributed by atoms with Gasteiger partial charge in [-0.2, -0.15) is 0 Å². The molecule has 12 nitrogen and oxygen atoms in total. The summed E-state index contributed by atoms with van der Waals surface area (Å²) >= 11 is 0. The van der Waals surface area contributed by atoms with Crippen molar-refractivity contribution in [2.24, 2.45) is 22.7 Å². The Morgan fingerprint density at radius 3 is 2.21 bits per heavy atom. The minimum absolute atomic E-state index is 0.00361. The molecule has 0 radical (unpaired) electrons. The van der Waals surface area contributed by atoms with Crippen LogP contribution < -0.4 is 21.3 Å². The summed E-state index contributed by atoms with van der Waals surface area (Å²) in [4.78, 5) is 69.7. The number of ketones is 1. The van der Waals surface area contributed by atoms with E-state index in [1.54, 1.807) is 45.0 Å². The molecule has 3 aliphatic rings. The van der Waals surface area contributed by atoms with E-state index in [4.69, 9.17) is 12.8 Å². The number of hydrogen-bond donors (Lipinski definition) is 4. The predicted octanol–water partition coefficient (Wildman–Crippen LogP) is 3.11. The predicted molar refractivity (Wildman–Crippen MR) is 202 cm³/mol. The summed E-state index contributed by atoms with van der Waals surface area (Å²) in [6.07, 6.45) is 14.5. The Balaban J connectivity index is 1.53. The molecule has 1 aromatic rings. The molecule has 1 heterocycles. The maximum absolute atomic E-state index is 14.5. The van der Waals surface area contributed by atoms with Crippen LogP contribution in [0.3, 0.4) is 0 Å². The van der Waals surface area contributed by atoms with Crippen LogP contribution in [-0.4, -0.2) is 85.4 Å². The Hall–Kier alpha value is -4.36. The number of carbonyl (C=O) groups is 5. The normalized spacial score (nSPS) is 22.5. The van der Waals surface area contributed by atoms with Crippen LogP contribution in [0, 0.1) is 47.4 Å². The monoisotopic (exact) mass is 749 g/mol. The Morgan fingerprint density at radius 2 is 1.60 bits per heavy atom. The molecule has 2 unspecified atom stereocenters. The third-order valence-corrected chi connectivity index (χ3v) is 12.8. The highest BCUT2D eigenvalue weighted by Gasteiger charge is 2.70. The minimum Gasteiger partial charge on any atom is -0.348 e. The highest BCUT2D eigenvalue weighted by Crippen LogP contribution is 2.65. The van der Waals surface area contributed by atoms with Crippen LogP contribution in [0.5, 0.6) is 0 Å². The van der Waals surface area contributed by atoms with Gasteiger partial charge in [0, 0.05) is 25.9 Å². The molecule has 288 valence electrons.